The van der Waals surface area contributed by atoms with Crippen LogP contribution in [-0.2, 0) is 4.79 Å². The smallest absolute Gasteiger partial charge is 0.258 e. The Labute approximate surface area is 172 Å². The van der Waals surface area contributed by atoms with E-state index >= 15 is 0 Å². The van der Waals surface area contributed by atoms with Crippen LogP contribution in [-0.4, -0.2) is 22.7 Å². The zero-order valence-corrected chi connectivity index (χ0v) is 17.2. The molecule has 146 valence electrons. The number of halogens is 1. The van der Waals surface area contributed by atoms with Crippen LogP contribution in [0.1, 0.15) is 38.1 Å². The fourth-order valence-electron chi connectivity index (χ4n) is 2.67. The van der Waals surface area contributed by atoms with E-state index in [-0.39, 0.29) is 11.9 Å². The number of amides is 1. The monoisotopic (exact) mass is 443 g/mol. The zero-order chi connectivity index (χ0) is 19.8. The number of nitrogens with one attached hydrogen (secondary N) is 1. The van der Waals surface area contributed by atoms with E-state index in [4.69, 9.17) is 9.26 Å². The Kier molecular flexibility index (Phi) is 7.19. The van der Waals surface area contributed by atoms with E-state index in [0.717, 1.165) is 15.8 Å². The van der Waals surface area contributed by atoms with Gasteiger partial charge >= 0.3 is 0 Å². The third-order valence-corrected chi connectivity index (χ3v) is 4.62. The Bertz CT molecular complexity index is 899. The number of carbonyl (C=O) groups is 1. The number of ether oxygens (including phenoxy) is 1. The molecule has 1 unspecified atom stereocenters. The molecule has 1 amide bonds. The molecule has 0 fully saturated rings. The van der Waals surface area contributed by atoms with Gasteiger partial charge in [-0.1, -0.05) is 52.3 Å². The van der Waals surface area contributed by atoms with Gasteiger partial charge < -0.3 is 14.6 Å². The van der Waals surface area contributed by atoms with Crippen molar-refractivity contribution in [2.45, 2.75) is 32.2 Å². The van der Waals surface area contributed by atoms with Crippen LogP contribution in [0.4, 0.5) is 0 Å². The third kappa shape index (κ3) is 5.66. The molecule has 0 aliphatic heterocycles. The topological polar surface area (TPSA) is 77.2 Å². The molecule has 0 aliphatic carbocycles. The zero-order valence-electron chi connectivity index (χ0n) is 15.6. The number of carbonyl (C=O) groups excluding carboxylic acids is 1. The first kappa shape index (κ1) is 20.1. The lowest BCUT2D eigenvalue weighted by Crippen LogP contribution is -2.29. The molecule has 3 rings (SSSR count). The molecule has 0 spiro atoms. The standard InChI is InChI=1S/C21H22BrN3O3/c1-2-18(20-24-21(28-25-20)15-8-6-9-16(22)14-15)23-19(26)12-7-13-27-17-10-4-3-5-11-17/h3-6,8-11,14,18H,2,7,12-13H2,1H3,(H,23,26). The van der Waals surface area contributed by atoms with Gasteiger partial charge in [0.05, 0.1) is 12.6 Å². The first-order valence-electron chi connectivity index (χ1n) is 9.22. The molecule has 1 atom stereocenters. The molecule has 2 aromatic carbocycles. The van der Waals surface area contributed by atoms with Gasteiger partial charge in [0, 0.05) is 16.5 Å². The maximum absolute atomic E-state index is 12.3. The second-order valence-corrected chi connectivity index (χ2v) is 7.18. The van der Waals surface area contributed by atoms with Gasteiger partial charge in [0.2, 0.25) is 5.91 Å². The predicted octanol–water partition coefficient (Wildman–Crippen LogP) is 4.93. The number of benzene rings is 2. The van der Waals surface area contributed by atoms with Crippen molar-refractivity contribution in [1.82, 2.24) is 15.5 Å². The van der Waals surface area contributed by atoms with Gasteiger partial charge in [-0.3, -0.25) is 4.79 Å². The maximum atomic E-state index is 12.3. The van der Waals surface area contributed by atoms with Crippen molar-refractivity contribution >= 4 is 21.8 Å². The van der Waals surface area contributed by atoms with Crippen molar-refractivity contribution in [3.05, 3.63) is 64.9 Å². The third-order valence-electron chi connectivity index (χ3n) is 4.13. The van der Waals surface area contributed by atoms with E-state index in [1.54, 1.807) is 0 Å². The van der Waals surface area contributed by atoms with E-state index in [2.05, 4.69) is 31.4 Å². The first-order chi connectivity index (χ1) is 13.7. The van der Waals surface area contributed by atoms with Crippen LogP contribution in [0.25, 0.3) is 11.5 Å². The molecule has 0 saturated heterocycles. The average Bonchev–Trinajstić information content (AvgIpc) is 3.20. The van der Waals surface area contributed by atoms with Crippen molar-refractivity contribution < 1.29 is 14.1 Å². The summed E-state index contributed by atoms with van der Waals surface area (Å²) in [4.78, 5) is 16.7. The second-order valence-electron chi connectivity index (χ2n) is 6.26. The highest BCUT2D eigenvalue weighted by molar-refractivity contribution is 9.10. The van der Waals surface area contributed by atoms with Crippen LogP contribution in [0.3, 0.4) is 0 Å². The molecule has 28 heavy (non-hydrogen) atoms. The number of hydrogen-bond acceptors (Lipinski definition) is 5. The van der Waals surface area contributed by atoms with Crippen molar-refractivity contribution in [2.75, 3.05) is 6.61 Å². The normalized spacial score (nSPS) is 11.8. The van der Waals surface area contributed by atoms with E-state index in [1.807, 2.05) is 61.5 Å². The first-order valence-corrected chi connectivity index (χ1v) is 10.0. The fourth-order valence-corrected chi connectivity index (χ4v) is 3.07. The Morgan fingerprint density at radius 2 is 2.04 bits per heavy atom. The molecule has 3 aromatic rings. The van der Waals surface area contributed by atoms with Crippen molar-refractivity contribution in [3.8, 4) is 17.2 Å². The summed E-state index contributed by atoms with van der Waals surface area (Å²) < 4.78 is 11.9. The molecular weight excluding hydrogens is 422 g/mol. The van der Waals surface area contributed by atoms with E-state index in [0.29, 0.717) is 37.6 Å². The van der Waals surface area contributed by atoms with Crippen LogP contribution in [0, 0.1) is 0 Å². The van der Waals surface area contributed by atoms with Crippen molar-refractivity contribution in [3.63, 3.8) is 0 Å². The molecule has 0 bridgehead atoms. The van der Waals surface area contributed by atoms with E-state index in [1.165, 1.54) is 0 Å². The van der Waals surface area contributed by atoms with Crippen molar-refractivity contribution in [1.29, 1.82) is 0 Å². The van der Waals surface area contributed by atoms with Crippen LogP contribution < -0.4 is 10.1 Å². The minimum absolute atomic E-state index is 0.0580. The highest BCUT2D eigenvalue weighted by atomic mass is 79.9. The van der Waals surface area contributed by atoms with E-state index in [9.17, 15) is 4.79 Å². The summed E-state index contributed by atoms with van der Waals surface area (Å²) in [5, 5.41) is 7.01. The maximum Gasteiger partial charge on any atom is 0.258 e. The molecular formula is C21H22BrN3O3. The largest absolute Gasteiger partial charge is 0.494 e. The summed E-state index contributed by atoms with van der Waals surface area (Å²) in [5.74, 6) is 1.66. The summed E-state index contributed by atoms with van der Waals surface area (Å²) in [5.41, 5.74) is 0.826. The highest BCUT2D eigenvalue weighted by Gasteiger charge is 2.19. The summed E-state index contributed by atoms with van der Waals surface area (Å²) in [6.07, 6.45) is 1.68. The molecule has 6 nitrogen and oxygen atoms in total. The highest BCUT2D eigenvalue weighted by Crippen LogP contribution is 2.23. The predicted molar refractivity (Wildman–Crippen MR) is 110 cm³/mol. The second kappa shape index (κ2) is 10.0. The van der Waals surface area contributed by atoms with Crippen LogP contribution in [0.5, 0.6) is 5.75 Å². The Morgan fingerprint density at radius 3 is 2.79 bits per heavy atom. The van der Waals surface area contributed by atoms with Gasteiger partial charge in [0.15, 0.2) is 5.82 Å². The molecule has 0 aliphatic rings. The van der Waals surface area contributed by atoms with Crippen LogP contribution >= 0.6 is 15.9 Å². The van der Waals surface area contributed by atoms with E-state index < -0.39 is 0 Å². The summed E-state index contributed by atoms with van der Waals surface area (Å²) in [7, 11) is 0. The molecule has 1 heterocycles. The van der Waals surface area contributed by atoms with Gasteiger partial charge in [0.25, 0.3) is 5.89 Å². The lowest BCUT2D eigenvalue weighted by Gasteiger charge is -2.13. The van der Waals surface area contributed by atoms with Gasteiger partial charge in [-0.05, 0) is 43.2 Å². The molecule has 1 N–H and O–H groups in total. The molecule has 0 radical (unpaired) electrons. The number of rotatable bonds is 9. The van der Waals surface area contributed by atoms with Gasteiger partial charge in [-0.2, -0.15) is 4.98 Å². The minimum atomic E-state index is -0.285. The van der Waals surface area contributed by atoms with Crippen LogP contribution in [0.15, 0.2) is 63.6 Å². The lowest BCUT2D eigenvalue weighted by atomic mass is 10.2. The molecule has 7 heteroatoms. The number of para-hydroxylation sites is 1. The van der Waals surface area contributed by atoms with Crippen molar-refractivity contribution in [2.24, 2.45) is 0 Å². The Morgan fingerprint density at radius 1 is 1.21 bits per heavy atom. The Hall–Kier alpha value is -2.67. The summed E-state index contributed by atoms with van der Waals surface area (Å²) in [6.45, 7) is 2.46. The summed E-state index contributed by atoms with van der Waals surface area (Å²) in [6, 6.07) is 16.9. The number of aromatic nitrogens is 2. The fraction of sp³-hybridized carbons (Fsp3) is 0.286. The number of hydrogen-bond donors (Lipinski definition) is 1. The molecule has 1 aromatic heterocycles. The van der Waals surface area contributed by atoms with Crippen LogP contribution in [0.2, 0.25) is 0 Å². The number of nitrogens with zero attached hydrogens (tertiary/aromatic N) is 2. The average molecular weight is 444 g/mol. The SMILES string of the molecule is CCC(NC(=O)CCCOc1ccccc1)c1noc(-c2cccc(Br)c2)n1. The minimum Gasteiger partial charge on any atom is -0.494 e. The summed E-state index contributed by atoms with van der Waals surface area (Å²) >= 11 is 3.43. The quantitative estimate of drug-likeness (QED) is 0.474. The Balaban J connectivity index is 1.50. The molecule has 0 saturated carbocycles. The van der Waals surface area contributed by atoms with Gasteiger partial charge in [-0.25, -0.2) is 0 Å². The van der Waals surface area contributed by atoms with Gasteiger partial charge in [0.1, 0.15) is 5.75 Å². The van der Waals surface area contributed by atoms with Gasteiger partial charge in [-0.15, -0.1) is 0 Å². The lowest BCUT2D eigenvalue weighted by molar-refractivity contribution is -0.122.